The maximum Gasteiger partial charge on any atom is 0.315 e. The van der Waals surface area contributed by atoms with Crippen LogP contribution in [0.1, 0.15) is 45.4 Å². The summed E-state index contributed by atoms with van der Waals surface area (Å²) >= 11 is 2.03. The van der Waals surface area contributed by atoms with Crippen LogP contribution < -0.4 is 10.6 Å². The van der Waals surface area contributed by atoms with Crippen molar-refractivity contribution in [3.8, 4) is 0 Å². The summed E-state index contributed by atoms with van der Waals surface area (Å²) in [4.78, 5) is 11.6. The Hall–Kier alpha value is -0.380. The van der Waals surface area contributed by atoms with E-state index in [-0.39, 0.29) is 6.03 Å². The van der Waals surface area contributed by atoms with Crippen LogP contribution in [0.25, 0.3) is 0 Å². The number of carbonyl (C=O) groups is 1. The molecule has 2 aliphatic rings. The van der Waals surface area contributed by atoms with Gasteiger partial charge in [-0.25, -0.2) is 4.79 Å². The fourth-order valence-electron chi connectivity index (χ4n) is 2.42. The van der Waals surface area contributed by atoms with Gasteiger partial charge in [0.1, 0.15) is 0 Å². The molecule has 0 aromatic rings. The van der Waals surface area contributed by atoms with Crippen LogP contribution in [0, 0.1) is 0 Å². The van der Waals surface area contributed by atoms with Crippen LogP contribution in [-0.2, 0) is 0 Å². The molecular weight excluding hydrogens is 220 g/mol. The minimum absolute atomic E-state index is 0.0526. The fourth-order valence-corrected chi connectivity index (χ4v) is 3.57. The average Bonchev–Trinajstić information content (AvgIpc) is 2.60. The molecule has 2 fully saturated rings. The van der Waals surface area contributed by atoms with E-state index in [4.69, 9.17) is 0 Å². The second-order valence-corrected chi connectivity index (χ2v) is 6.41. The highest BCUT2D eigenvalue weighted by Gasteiger charge is 2.27. The SMILES string of the molecule is CCSC1CCC(NC(=O)NC2CCC2)C1. The zero-order chi connectivity index (χ0) is 11.4. The van der Waals surface area contributed by atoms with Gasteiger partial charge >= 0.3 is 6.03 Å². The van der Waals surface area contributed by atoms with Crippen LogP contribution in [-0.4, -0.2) is 29.1 Å². The minimum atomic E-state index is 0.0526. The molecule has 2 amide bonds. The Balaban J connectivity index is 1.63. The molecule has 0 aromatic heterocycles. The van der Waals surface area contributed by atoms with E-state index in [0.717, 1.165) is 30.9 Å². The number of urea groups is 1. The van der Waals surface area contributed by atoms with Crippen molar-refractivity contribution in [1.29, 1.82) is 0 Å². The van der Waals surface area contributed by atoms with Crippen LogP contribution in [0.2, 0.25) is 0 Å². The molecule has 2 rings (SSSR count). The first-order valence-corrected chi connectivity index (χ1v) is 7.51. The largest absolute Gasteiger partial charge is 0.335 e. The molecule has 3 nitrogen and oxygen atoms in total. The molecule has 16 heavy (non-hydrogen) atoms. The predicted octanol–water partition coefficient (Wildman–Crippen LogP) is 2.51. The third kappa shape index (κ3) is 3.30. The highest BCUT2D eigenvalue weighted by atomic mass is 32.2. The number of carbonyl (C=O) groups excluding carboxylic acids is 1. The summed E-state index contributed by atoms with van der Waals surface area (Å²) in [6, 6.07) is 0.906. The topological polar surface area (TPSA) is 41.1 Å². The summed E-state index contributed by atoms with van der Waals surface area (Å²) in [5.74, 6) is 1.19. The van der Waals surface area contributed by atoms with Gasteiger partial charge in [-0.2, -0.15) is 11.8 Å². The van der Waals surface area contributed by atoms with Crippen molar-refractivity contribution < 1.29 is 4.79 Å². The Morgan fingerprint density at radius 3 is 2.56 bits per heavy atom. The van der Waals surface area contributed by atoms with Gasteiger partial charge in [0, 0.05) is 17.3 Å². The monoisotopic (exact) mass is 242 g/mol. The molecule has 0 saturated heterocycles. The Bertz CT molecular complexity index is 243. The molecular formula is C12H22N2OS. The summed E-state index contributed by atoms with van der Waals surface area (Å²) in [6.07, 6.45) is 7.14. The molecule has 2 atom stereocenters. The highest BCUT2D eigenvalue weighted by Crippen LogP contribution is 2.29. The molecule has 0 heterocycles. The summed E-state index contributed by atoms with van der Waals surface area (Å²) in [6.45, 7) is 2.20. The number of amides is 2. The molecule has 92 valence electrons. The van der Waals surface area contributed by atoms with Crippen molar-refractivity contribution in [2.24, 2.45) is 0 Å². The first-order valence-electron chi connectivity index (χ1n) is 6.46. The molecule has 4 heteroatoms. The van der Waals surface area contributed by atoms with E-state index in [1.807, 2.05) is 11.8 Å². The van der Waals surface area contributed by atoms with Crippen LogP contribution in [0.15, 0.2) is 0 Å². The quantitative estimate of drug-likeness (QED) is 0.795. The zero-order valence-electron chi connectivity index (χ0n) is 10.00. The van der Waals surface area contributed by atoms with E-state index in [2.05, 4.69) is 17.6 Å². The lowest BCUT2D eigenvalue weighted by atomic mass is 9.93. The molecule has 0 aliphatic heterocycles. The summed E-state index contributed by atoms with van der Waals surface area (Å²) in [7, 11) is 0. The summed E-state index contributed by atoms with van der Waals surface area (Å²) < 4.78 is 0. The normalized spacial score (nSPS) is 29.8. The zero-order valence-corrected chi connectivity index (χ0v) is 10.8. The van der Waals surface area contributed by atoms with Gasteiger partial charge in [0.25, 0.3) is 0 Å². The maximum absolute atomic E-state index is 11.6. The number of nitrogens with one attached hydrogen (secondary N) is 2. The smallest absolute Gasteiger partial charge is 0.315 e. The van der Waals surface area contributed by atoms with Gasteiger partial charge in [0.05, 0.1) is 0 Å². The van der Waals surface area contributed by atoms with Crippen LogP contribution in [0.4, 0.5) is 4.79 Å². The third-order valence-corrected chi connectivity index (χ3v) is 4.80. The van der Waals surface area contributed by atoms with Crippen molar-refractivity contribution >= 4 is 17.8 Å². The minimum Gasteiger partial charge on any atom is -0.335 e. The van der Waals surface area contributed by atoms with Gasteiger partial charge in [-0.05, 0) is 44.3 Å². The fraction of sp³-hybridized carbons (Fsp3) is 0.917. The van der Waals surface area contributed by atoms with Crippen molar-refractivity contribution in [2.45, 2.75) is 62.8 Å². The lowest BCUT2D eigenvalue weighted by Crippen LogP contribution is -2.47. The summed E-state index contributed by atoms with van der Waals surface area (Å²) in [5, 5.41) is 6.90. The Morgan fingerprint density at radius 1 is 1.19 bits per heavy atom. The molecule has 2 N–H and O–H groups in total. The van der Waals surface area contributed by atoms with E-state index < -0.39 is 0 Å². The van der Waals surface area contributed by atoms with Gasteiger partial charge in [-0.3, -0.25) is 0 Å². The maximum atomic E-state index is 11.6. The molecule has 0 aromatic carbocycles. The number of hydrogen-bond acceptors (Lipinski definition) is 2. The molecule has 0 bridgehead atoms. The van der Waals surface area contributed by atoms with Crippen molar-refractivity contribution in [3.63, 3.8) is 0 Å². The second kappa shape index (κ2) is 5.80. The van der Waals surface area contributed by atoms with Crippen molar-refractivity contribution in [2.75, 3.05) is 5.75 Å². The average molecular weight is 242 g/mol. The molecule has 2 unspecified atom stereocenters. The van der Waals surface area contributed by atoms with Crippen molar-refractivity contribution in [1.82, 2.24) is 10.6 Å². The van der Waals surface area contributed by atoms with E-state index >= 15 is 0 Å². The van der Waals surface area contributed by atoms with Gasteiger partial charge in [-0.15, -0.1) is 0 Å². The van der Waals surface area contributed by atoms with E-state index in [9.17, 15) is 4.79 Å². The van der Waals surface area contributed by atoms with Crippen LogP contribution >= 0.6 is 11.8 Å². The molecule has 2 saturated carbocycles. The van der Waals surface area contributed by atoms with Gasteiger partial charge in [0.15, 0.2) is 0 Å². The second-order valence-electron chi connectivity index (χ2n) is 4.83. The number of hydrogen-bond donors (Lipinski definition) is 2. The lowest BCUT2D eigenvalue weighted by Gasteiger charge is -2.27. The third-order valence-electron chi connectivity index (χ3n) is 3.56. The first-order chi connectivity index (χ1) is 7.78. The van der Waals surface area contributed by atoms with Crippen LogP contribution in [0.5, 0.6) is 0 Å². The van der Waals surface area contributed by atoms with Crippen LogP contribution in [0.3, 0.4) is 0 Å². The highest BCUT2D eigenvalue weighted by molar-refractivity contribution is 7.99. The Labute approximate surface area is 102 Å². The van der Waals surface area contributed by atoms with Gasteiger partial charge in [-0.1, -0.05) is 6.92 Å². The number of thioether (sulfide) groups is 1. The number of rotatable bonds is 4. The standard InChI is InChI=1S/C12H22N2OS/c1-2-16-11-7-6-10(8-11)14-12(15)13-9-4-3-5-9/h9-11H,2-8H2,1H3,(H2,13,14,15). The molecule has 2 aliphatic carbocycles. The summed E-state index contributed by atoms with van der Waals surface area (Å²) in [5.41, 5.74) is 0. The Kier molecular flexibility index (Phi) is 4.38. The van der Waals surface area contributed by atoms with E-state index in [0.29, 0.717) is 12.1 Å². The van der Waals surface area contributed by atoms with Gasteiger partial charge in [0.2, 0.25) is 0 Å². The first kappa shape index (κ1) is 12.1. The predicted molar refractivity (Wildman–Crippen MR) is 68.9 cm³/mol. The Morgan fingerprint density at radius 2 is 1.94 bits per heavy atom. The van der Waals surface area contributed by atoms with E-state index in [1.165, 1.54) is 18.6 Å². The van der Waals surface area contributed by atoms with E-state index in [1.54, 1.807) is 0 Å². The van der Waals surface area contributed by atoms with Crippen molar-refractivity contribution in [3.05, 3.63) is 0 Å². The van der Waals surface area contributed by atoms with Gasteiger partial charge < -0.3 is 10.6 Å². The molecule has 0 radical (unpaired) electrons. The lowest BCUT2D eigenvalue weighted by molar-refractivity contribution is 0.225. The molecule has 0 spiro atoms.